The molecule has 2 heterocycles. The molecule has 1 N–H and O–H groups in total. The number of carbonyl (C=O) groups excluding carboxylic acids is 1. The normalized spacial score (nSPS) is 10.9. The van der Waals surface area contributed by atoms with Gasteiger partial charge < -0.3 is 10.1 Å². The van der Waals surface area contributed by atoms with E-state index in [4.69, 9.17) is 4.74 Å². The smallest absolute Gasteiger partial charge is 0.342 e. The van der Waals surface area contributed by atoms with Crippen LogP contribution in [-0.4, -0.2) is 16.6 Å². The summed E-state index contributed by atoms with van der Waals surface area (Å²) in [4.78, 5) is 17.7. The molecular weight excluding hydrogens is 363 g/mol. The third-order valence-corrected chi connectivity index (χ3v) is 4.47. The average Bonchev–Trinajstić information content (AvgIpc) is 2.96. The van der Waals surface area contributed by atoms with Gasteiger partial charge in [-0.1, -0.05) is 31.3 Å². The van der Waals surface area contributed by atoms with E-state index in [1.54, 1.807) is 18.3 Å². The van der Waals surface area contributed by atoms with Crippen molar-refractivity contribution in [1.29, 1.82) is 0 Å². The van der Waals surface area contributed by atoms with Crippen LogP contribution in [0.1, 0.15) is 50.5 Å². The van der Waals surface area contributed by atoms with Gasteiger partial charge in [0.15, 0.2) is 0 Å². The first-order valence-electron chi connectivity index (χ1n) is 8.88. The number of nitrogens with one attached hydrogen (secondary N) is 1. The van der Waals surface area contributed by atoms with Crippen molar-refractivity contribution in [2.75, 3.05) is 5.32 Å². The molecule has 4 nitrogen and oxygen atoms in total. The third kappa shape index (κ3) is 5.04. The Morgan fingerprint density at radius 2 is 1.93 bits per heavy atom. The Morgan fingerprint density at radius 1 is 1.22 bits per heavy atom. The van der Waals surface area contributed by atoms with Crippen LogP contribution in [0.15, 0.2) is 36.5 Å². The highest BCUT2D eigenvalue weighted by Gasteiger charge is 2.25. The number of ether oxygens (including phenoxy) is 1. The minimum atomic E-state index is -0.625. The van der Waals surface area contributed by atoms with Gasteiger partial charge in [-0.3, -0.25) is 0 Å². The van der Waals surface area contributed by atoms with Crippen LogP contribution in [0.4, 0.5) is 15.1 Å². The highest BCUT2D eigenvalue weighted by Crippen LogP contribution is 2.37. The van der Waals surface area contributed by atoms with Crippen molar-refractivity contribution in [3.8, 4) is 0 Å². The molecule has 0 saturated heterocycles. The number of benzene rings is 1. The van der Waals surface area contributed by atoms with Gasteiger partial charge in [0.25, 0.3) is 0 Å². The number of esters is 1. The Morgan fingerprint density at radius 3 is 2.56 bits per heavy atom. The Hall–Kier alpha value is -2.47. The van der Waals surface area contributed by atoms with Gasteiger partial charge in [-0.05, 0) is 57.5 Å². The number of thiophene rings is 1. The first-order valence-corrected chi connectivity index (χ1v) is 9.70. The summed E-state index contributed by atoms with van der Waals surface area (Å²) in [7, 11) is 0. The number of hydrogen-bond donors (Lipinski definition) is 1. The second kappa shape index (κ2) is 8.48. The maximum absolute atomic E-state index is 14.2. The molecule has 27 heavy (non-hydrogen) atoms. The molecule has 0 spiro atoms. The lowest BCUT2D eigenvalue weighted by Crippen LogP contribution is -2.24. The zero-order valence-electron chi connectivity index (χ0n) is 16.5. The number of rotatable bonds is 3. The molecule has 6 heteroatoms. The second-order valence-electron chi connectivity index (χ2n) is 6.77. The number of carbonyl (C=O) groups is 1. The quantitative estimate of drug-likeness (QED) is 0.523. The van der Waals surface area contributed by atoms with E-state index < -0.39 is 11.6 Å². The Labute approximate surface area is 163 Å². The number of pyridine rings is 1. The van der Waals surface area contributed by atoms with E-state index in [9.17, 15) is 9.18 Å². The molecule has 0 amide bonds. The molecule has 0 bridgehead atoms. The van der Waals surface area contributed by atoms with Crippen LogP contribution in [0.2, 0.25) is 0 Å². The van der Waals surface area contributed by atoms with E-state index in [0.717, 1.165) is 5.56 Å². The number of hydrogen-bond acceptors (Lipinski definition) is 5. The molecule has 0 radical (unpaired) electrons. The number of halogens is 1. The zero-order chi connectivity index (χ0) is 20.2. The summed E-state index contributed by atoms with van der Waals surface area (Å²) in [6, 6.07) is 8.49. The van der Waals surface area contributed by atoms with Crippen LogP contribution < -0.4 is 5.32 Å². The van der Waals surface area contributed by atoms with Crippen LogP contribution in [0.25, 0.3) is 10.2 Å². The minimum Gasteiger partial charge on any atom is -0.456 e. The molecule has 2 aromatic heterocycles. The van der Waals surface area contributed by atoms with Gasteiger partial charge in [-0.15, -0.1) is 0 Å². The topological polar surface area (TPSA) is 51.2 Å². The van der Waals surface area contributed by atoms with Crippen molar-refractivity contribution in [2.24, 2.45) is 0 Å². The van der Waals surface area contributed by atoms with Crippen LogP contribution in [0.3, 0.4) is 0 Å². The summed E-state index contributed by atoms with van der Waals surface area (Å²) in [5.74, 6) is -0.831. The number of fused-ring (bicyclic) bond motifs is 1. The van der Waals surface area contributed by atoms with Crippen LogP contribution in [0, 0.1) is 12.7 Å². The summed E-state index contributed by atoms with van der Waals surface area (Å²) in [5, 5.41) is 4.24. The summed E-state index contributed by atoms with van der Waals surface area (Å²) in [6.07, 6.45) is 1.66. The highest BCUT2D eigenvalue weighted by molar-refractivity contribution is 7.23. The summed E-state index contributed by atoms with van der Waals surface area (Å²) in [5.41, 5.74) is 0.887. The zero-order valence-corrected chi connectivity index (χ0v) is 17.3. The van der Waals surface area contributed by atoms with Crippen LogP contribution in [-0.2, 0) is 4.74 Å². The van der Waals surface area contributed by atoms with Gasteiger partial charge in [0.05, 0.1) is 5.69 Å². The molecule has 0 fully saturated rings. The van der Waals surface area contributed by atoms with Crippen molar-refractivity contribution in [2.45, 2.75) is 47.1 Å². The lowest BCUT2D eigenvalue weighted by molar-refractivity contribution is 0.00734. The lowest BCUT2D eigenvalue weighted by Gasteiger charge is -2.20. The Bertz CT molecular complexity index is 945. The Kier molecular flexibility index (Phi) is 6.54. The first kappa shape index (κ1) is 20.8. The third-order valence-electron chi connectivity index (χ3n) is 3.44. The van der Waals surface area contributed by atoms with E-state index in [-0.39, 0.29) is 5.82 Å². The van der Waals surface area contributed by atoms with E-state index in [0.29, 0.717) is 26.5 Å². The van der Waals surface area contributed by atoms with Crippen molar-refractivity contribution >= 4 is 38.2 Å². The van der Waals surface area contributed by atoms with Gasteiger partial charge in [0.1, 0.15) is 26.8 Å². The number of nitrogens with zero attached hydrogens (tertiary/aromatic N) is 1. The molecule has 0 atom stereocenters. The summed E-state index contributed by atoms with van der Waals surface area (Å²) < 4.78 is 19.7. The van der Waals surface area contributed by atoms with Gasteiger partial charge >= 0.3 is 5.97 Å². The molecular formula is C21H25FN2O2S. The monoisotopic (exact) mass is 388 g/mol. The van der Waals surface area contributed by atoms with E-state index >= 15 is 0 Å². The molecule has 0 aliphatic carbocycles. The molecule has 1 aromatic carbocycles. The average molecular weight is 389 g/mol. The first-order chi connectivity index (χ1) is 12.7. The fraction of sp³-hybridized carbons (Fsp3) is 0.333. The predicted molar refractivity (Wildman–Crippen MR) is 111 cm³/mol. The van der Waals surface area contributed by atoms with Gasteiger partial charge in [-0.25, -0.2) is 14.2 Å². The standard InChI is InChI=1S/C19H19FN2O2S.C2H6/c1-11-7-8-14(13(20)10-11)22-17-15(18(23)24-19(2,3)4)12-6-5-9-21-16(12)25-17;1-2/h5-10,22H,1-4H3;1-2H3. The maximum Gasteiger partial charge on any atom is 0.342 e. The van der Waals surface area contributed by atoms with Crippen molar-refractivity contribution < 1.29 is 13.9 Å². The van der Waals surface area contributed by atoms with Crippen molar-refractivity contribution in [1.82, 2.24) is 4.98 Å². The molecule has 144 valence electrons. The second-order valence-corrected chi connectivity index (χ2v) is 7.77. The van der Waals surface area contributed by atoms with Crippen LogP contribution >= 0.6 is 11.3 Å². The maximum atomic E-state index is 14.2. The van der Waals surface area contributed by atoms with Crippen molar-refractivity contribution in [3.63, 3.8) is 0 Å². The SMILES string of the molecule is CC.Cc1ccc(Nc2sc3ncccc3c2C(=O)OC(C)(C)C)c(F)c1. The minimum absolute atomic E-state index is 0.307. The van der Waals surface area contributed by atoms with E-state index in [1.165, 1.54) is 17.4 Å². The van der Waals surface area contributed by atoms with Gasteiger partial charge in [-0.2, -0.15) is 0 Å². The molecule has 3 aromatic rings. The number of aryl methyl sites for hydroxylation is 1. The summed E-state index contributed by atoms with van der Waals surface area (Å²) in [6.45, 7) is 11.3. The Balaban J connectivity index is 0.00000126. The molecule has 3 rings (SSSR count). The number of aromatic nitrogens is 1. The lowest BCUT2D eigenvalue weighted by atomic mass is 10.1. The fourth-order valence-corrected chi connectivity index (χ4v) is 3.44. The number of anilines is 2. The highest BCUT2D eigenvalue weighted by atomic mass is 32.1. The molecule has 0 unspecified atom stereocenters. The molecule has 0 aliphatic heterocycles. The van der Waals surface area contributed by atoms with Gasteiger partial charge in [0, 0.05) is 11.6 Å². The largest absolute Gasteiger partial charge is 0.456 e. The summed E-state index contributed by atoms with van der Waals surface area (Å²) >= 11 is 1.30. The fourth-order valence-electron chi connectivity index (χ4n) is 2.40. The van der Waals surface area contributed by atoms with E-state index in [2.05, 4.69) is 10.3 Å². The van der Waals surface area contributed by atoms with Crippen molar-refractivity contribution in [3.05, 3.63) is 53.5 Å². The van der Waals surface area contributed by atoms with Gasteiger partial charge in [0.2, 0.25) is 0 Å². The predicted octanol–water partition coefficient (Wildman–Crippen LogP) is 6.47. The molecule has 0 saturated carbocycles. The van der Waals surface area contributed by atoms with Crippen LogP contribution in [0.5, 0.6) is 0 Å². The van der Waals surface area contributed by atoms with E-state index in [1.807, 2.05) is 53.7 Å². The molecule has 0 aliphatic rings.